The van der Waals surface area contributed by atoms with Crippen molar-refractivity contribution in [3.05, 3.63) is 59.8 Å². The minimum Gasteiger partial charge on any atom is -0.477 e. The van der Waals surface area contributed by atoms with Crippen LogP contribution in [-0.4, -0.2) is 57.8 Å². The van der Waals surface area contributed by atoms with Gasteiger partial charge in [-0.1, -0.05) is 48.6 Å². The molecule has 8 nitrogen and oxygen atoms in total. The van der Waals surface area contributed by atoms with Gasteiger partial charge in [0.15, 0.2) is 5.82 Å². The molecule has 1 saturated heterocycles. The van der Waals surface area contributed by atoms with Gasteiger partial charge in [0, 0.05) is 31.7 Å². The molecule has 0 bridgehead atoms. The standard InChI is InChI=1S/C27H30N6O2S/c1-4-6-7-8-20(34)18-9-11-19(12-10-18)24-29-17(3)21-22-23(36-26(21)31-24)25(35-5-2)32-27(30-22)33-15-13-28-14-16-33/h4,6-12,20,28,34H,5,13-16H2,1-3H3. The lowest BCUT2D eigenvalue weighted by Gasteiger charge is -2.27. The average Bonchev–Trinajstić information content (AvgIpc) is 3.29. The van der Waals surface area contributed by atoms with Crippen LogP contribution in [0.1, 0.15) is 31.2 Å². The number of allylic oxidation sites excluding steroid dienone is 3. The van der Waals surface area contributed by atoms with Gasteiger partial charge in [-0.05, 0) is 26.3 Å². The van der Waals surface area contributed by atoms with E-state index >= 15 is 0 Å². The maximum absolute atomic E-state index is 10.4. The summed E-state index contributed by atoms with van der Waals surface area (Å²) in [6, 6.07) is 7.71. The first-order chi connectivity index (χ1) is 17.6. The predicted molar refractivity (Wildman–Crippen MR) is 146 cm³/mol. The molecule has 1 fully saturated rings. The normalized spacial score (nSPS) is 15.5. The molecule has 0 radical (unpaired) electrons. The number of rotatable bonds is 7. The van der Waals surface area contributed by atoms with Gasteiger partial charge < -0.3 is 20.1 Å². The van der Waals surface area contributed by atoms with E-state index in [4.69, 9.17) is 24.7 Å². The van der Waals surface area contributed by atoms with Gasteiger partial charge in [0.1, 0.15) is 15.0 Å². The number of piperazine rings is 1. The zero-order valence-corrected chi connectivity index (χ0v) is 21.5. The van der Waals surface area contributed by atoms with Gasteiger partial charge in [-0.25, -0.2) is 15.0 Å². The Bertz CT molecular complexity index is 1420. The van der Waals surface area contributed by atoms with Crippen LogP contribution in [0.4, 0.5) is 5.95 Å². The van der Waals surface area contributed by atoms with Gasteiger partial charge in [0.25, 0.3) is 0 Å². The largest absolute Gasteiger partial charge is 0.477 e. The van der Waals surface area contributed by atoms with Crippen LogP contribution in [0.2, 0.25) is 0 Å². The highest BCUT2D eigenvalue weighted by atomic mass is 32.1. The molecule has 36 heavy (non-hydrogen) atoms. The summed E-state index contributed by atoms with van der Waals surface area (Å²) in [6.45, 7) is 9.95. The number of fused-ring (bicyclic) bond motifs is 3. The number of ether oxygens (including phenoxy) is 1. The fourth-order valence-corrected chi connectivity index (χ4v) is 5.37. The van der Waals surface area contributed by atoms with Crippen molar-refractivity contribution in [2.75, 3.05) is 37.7 Å². The minimum atomic E-state index is -0.663. The van der Waals surface area contributed by atoms with Crippen LogP contribution in [0.25, 0.3) is 31.8 Å². The van der Waals surface area contributed by atoms with Crippen molar-refractivity contribution in [3.8, 4) is 17.3 Å². The molecule has 3 aromatic heterocycles. The summed E-state index contributed by atoms with van der Waals surface area (Å²) in [5, 5.41) is 14.7. The summed E-state index contributed by atoms with van der Waals surface area (Å²) in [5.41, 5.74) is 3.42. The first-order valence-corrected chi connectivity index (χ1v) is 13.1. The van der Waals surface area contributed by atoms with Crippen molar-refractivity contribution in [2.45, 2.75) is 26.9 Å². The lowest BCUT2D eigenvalue weighted by molar-refractivity contribution is 0.228. The van der Waals surface area contributed by atoms with E-state index in [1.807, 2.05) is 63.3 Å². The van der Waals surface area contributed by atoms with Crippen molar-refractivity contribution >= 4 is 37.7 Å². The highest BCUT2D eigenvalue weighted by molar-refractivity contribution is 7.25. The Morgan fingerprint density at radius 1 is 1.11 bits per heavy atom. The van der Waals surface area contributed by atoms with Crippen LogP contribution in [0, 0.1) is 6.92 Å². The second-order valence-electron chi connectivity index (χ2n) is 8.57. The second kappa shape index (κ2) is 10.7. The molecule has 1 atom stereocenters. The Labute approximate surface area is 214 Å². The molecule has 0 aliphatic carbocycles. The molecule has 1 aliphatic heterocycles. The predicted octanol–water partition coefficient (Wildman–Crippen LogP) is 4.58. The number of aliphatic hydroxyl groups is 1. The molecule has 4 aromatic rings. The summed E-state index contributed by atoms with van der Waals surface area (Å²) < 4.78 is 6.84. The molecule has 4 heterocycles. The molecule has 1 aromatic carbocycles. The van der Waals surface area contributed by atoms with Crippen LogP contribution in [0.3, 0.4) is 0 Å². The SMILES string of the molecule is CC=CC=CC(O)c1ccc(-c2nc(C)c3c(n2)sc2c(OCC)nc(N4CCNCC4)nc23)cc1. The van der Waals surface area contributed by atoms with Crippen molar-refractivity contribution in [1.29, 1.82) is 0 Å². The molecule has 5 rings (SSSR count). The van der Waals surface area contributed by atoms with Gasteiger partial charge in [0.05, 0.1) is 23.8 Å². The van der Waals surface area contributed by atoms with E-state index in [2.05, 4.69) is 10.2 Å². The molecule has 1 unspecified atom stereocenters. The molecule has 186 valence electrons. The molecular weight excluding hydrogens is 472 g/mol. The monoisotopic (exact) mass is 502 g/mol. The molecule has 2 N–H and O–H groups in total. The highest BCUT2D eigenvalue weighted by Crippen LogP contribution is 2.39. The van der Waals surface area contributed by atoms with Crippen LogP contribution >= 0.6 is 11.3 Å². The second-order valence-corrected chi connectivity index (χ2v) is 9.57. The van der Waals surface area contributed by atoms with E-state index in [1.165, 1.54) is 11.3 Å². The third-order valence-electron chi connectivity index (χ3n) is 6.10. The van der Waals surface area contributed by atoms with Crippen molar-refractivity contribution in [1.82, 2.24) is 25.3 Å². The Balaban J connectivity index is 1.54. The van der Waals surface area contributed by atoms with E-state index in [-0.39, 0.29) is 0 Å². The fraction of sp³-hybridized carbons (Fsp3) is 0.333. The summed E-state index contributed by atoms with van der Waals surface area (Å²) >= 11 is 1.54. The molecule has 0 saturated carbocycles. The first kappa shape index (κ1) is 24.3. The number of aromatic nitrogens is 4. The number of nitrogens with zero attached hydrogens (tertiary/aromatic N) is 5. The first-order valence-electron chi connectivity index (χ1n) is 12.2. The van der Waals surface area contributed by atoms with Crippen molar-refractivity contribution in [2.24, 2.45) is 0 Å². The minimum absolute atomic E-state index is 0.527. The summed E-state index contributed by atoms with van der Waals surface area (Å²) in [7, 11) is 0. The van der Waals surface area contributed by atoms with Crippen molar-refractivity contribution in [3.63, 3.8) is 0 Å². The number of aryl methyl sites for hydroxylation is 1. The number of nitrogens with one attached hydrogen (secondary N) is 1. The summed E-state index contributed by atoms with van der Waals surface area (Å²) in [6.07, 6.45) is 6.74. The third kappa shape index (κ3) is 4.82. The number of anilines is 1. The van der Waals surface area contributed by atoms with Crippen LogP contribution in [-0.2, 0) is 0 Å². The van der Waals surface area contributed by atoms with E-state index in [0.29, 0.717) is 24.3 Å². The highest BCUT2D eigenvalue weighted by Gasteiger charge is 2.22. The smallest absolute Gasteiger partial charge is 0.236 e. The Morgan fingerprint density at radius 2 is 1.89 bits per heavy atom. The molecule has 0 amide bonds. The average molecular weight is 503 g/mol. The Hall–Kier alpha value is -3.40. The van der Waals surface area contributed by atoms with Gasteiger partial charge >= 0.3 is 0 Å². The Kier molecular flexibility index (Phi) is 7.22. The quantitative estimate of drug-likeness (QED) is 0.355. The van der Waals surface area contributed by atoms with Crippen molar-refractivity contribution < 1.29 is 9.84 Å². The van der Waals surface area contributed by atoms with Crippen LogP contribution in [0.15, 0.2) is 48.6 Å². The van der Waals surface area contributed by atoms with Gasteiger partial charge in [-0.15, -0.1) is 11.3 Å². The fourth-order valence-electron chi connectivity index (χ4n) is 4.26. The maximum atomic E-state index is 10.4. The van der Waals surface area contributed by atoms with Gasteiger partial charge in [-0.2, -0.15) is 4.98 Å². The zero-order valence-electron chi connectivity index (χ0n) is 20.7. The number of thiophene rings is 1. The van der Waals surface area contributed by atoms with Crippen LogP contribution < -0.4 is 15.0 Å². The molecular formula is C27H30N6O2S. The van der Waals surface area contributed by atoms with E-state index in [9.17, 15) is 5.11 Å². The Morgan fingerprint density at radius 3 is 2.61 bits per heavy atom. The summed E-state index contributed by atoms with van der Waals surface area (Å²) in [4.78, 5) is 22.5. The van der Waals surface area contributed by atoms with Gasteiger partial charge in [0.2, 0.25) is 11.8 Å². The number of hydrogen-bond acceptors (Lipinski definition) is 9. The summed E-state index contributed by atoms with van der Waals surface area (Å²) in [5.74, 6) is 1.93. The lowest BCUT2D eigenvalue weighted by atomic mass is 10.1. The third-order valence-corrected chi connectivity index (χ3v) is 7.16. The molecule has 0 spiro atoms. The van der Waals surface area contributed by atoms with Crippen LogP contribution in [0.5, 0.6) is 5.88 Å². The molecule has 1 aliphatic rings. The van der Waals surface area contributed by atoms with E-state index in [0.717, 1.165) is 63.4 Å². The molecule has 9 heteroatoms. The van der Waals surface area contributed by atoms with E-state index < -0.39 is 6.10 Å². The lowest BCUT2D eigenvalue weighted by Crippen LogP contribution is -2.44. The maximum Gasteiger partial charge on any atom is 0.236 e. The number of aliphatic hydroxyl groups excluding tert-OH is 1. The van der Waals surface area contributed by atoms with Gasteiger partial charge in [-0.3, -0.25) is 0 Å². The number of hydrogen-bond donors (Lipinski definition) is 2. The zero-order chi connectivity index (χ0) is 25.1. The number of benzene rings is 1. The topological polar surface area (TPSA) is 96.3 Å². The van der Waals surface area contributed by atoms with E-state index in [1.54, 1.807) is 6.08 Å².